The molecule has 0 aliphatic carbocycles. The maximum atomic E-state index is 13.1. The number of aromatic nitrogens is 1. The number of hydrogen-bond donors (Lipinski definition) is 0. The van der Waals surface area contributed by atoms with Crippen molar-refractivity contribution in [2.45, 2.75) is 39.7 Å². The Morgan fingerprint density at radius 2 is 1.75 bits per heavy atom. The molecule has 2 amide bonds. The molecular weight excluding hydrogens is 374 g/mol. The van der Waals surface area contributed by atoms with Crippen LogP contribution in [0.4, 0.5) is 0 Å². The Morgan fingerprint density at radius 3 is 2.36 bits per heavy atom. The van der Waals surface area contributed by atoms with Crippen LogP contribution in [-0.2, 0) is 18.4 Å². The number of hydrogen-bond acceptors (Lipinski definition) is 2. The molecule has 0 saturated carbocycles. The fourth-order valence-corrected chi connectivity index (χ4v) is 3.30. The Labute approximate surface area is 172 Å². The summed E-state index contributed by atoms with van der Waals surface area (Å²) < 4.78 is 2.02. The lowest BCUT2D eigenvalue weighted by Crippen LogP contribution is -2.43. The third-order valence-electron chi connectivity index (χ3n) is 4.75. The highest BCUT2D eigenvalue weighted by Crippen LogP contribution is 2.18. The minimum Gasteiger partial charge on any atom is -0.353 e. The van der Waals surface area contributed by atoms with Crippen LogP contribution in [0, 0.1) is 0 Å². The van der Waals surface area contributed by atoms with E-state index in [4.69, 9.17) is 11.6 Å². The number of nitrogens with zero attached hydrogens (tertiary/aromatic N) is 3. The molecule has 0 bridgehead atoms. The highest BCUT2D eigenvalue weighted by Gasteiger charge is 2.23. The van der Waals surface area contributed by atoms with Gasteiger partial charge in [0, 0.05) is 32.0 Å². The van der Waals surface area contributed by atoms with Crippen molar-refractivity contribution in [2.75, 3.05) is 19.6 Å². The van der Waals surface area contributed by atoms with Crippen LogP contribution in [0.2, 0.25) is 5.02 Å². The molecule has 0 spiro atoms. The van der Waals surface area contributed by atoms with Gasteiger partial charge in [0.15, 0.2) is 0 Å². The summed E-state index contributed by atoms with van der Waals surface area (Å²) in [4.78, 5) is 29.5. The van der Waals surface area contributed by atoms with E-state index < -0.39 is 0 Å². The van der Waals surface area contributed by atoms with Crippen molar-refractivity contribution in [2.24, 2.45) is 7.05 Å². The van der Waals surface area contributed by atoms with Gasteiger partial charge in [-0.15, -0.1) is 0 Å². The second-order valence-electron chi connectivity index (χ2n) is 6.99. The van der Waals surface area contributed by atoms with Gasteiger partial charge in [-0.3, -0.25) is 9.59 Å². The summed E-state index contributed by atoms with van der Waals surface area (Å²) in [5, 5.41) is 0.410. The highest BCUT2D eigenvalue weighted by molar-refractivity contribution is 6.33. The Hall–Kier alpha value is -2.27. The van der Waals surface area contributed by atoms with Gasteiger partial charge in [0.1, 0.15) is 6.54 Å². The van der Waals surface area contributed by atoms with E-state index in [1.165, 1.54) is 0 Å². The normalized spacial score (nSPS) is 10.7. The molecule has 6 heteroatoms. The number of halogens is 1. The molecule has 1 aromatic heterocycles. The van der Waals surface area contributed by atoms with E-state index in [0.717, 1.165) is 25.0 Å². The van der Waals surface area contributed by atoms with Gasteiger partial charge in [-0.25, -0.2) is 0 Å². The summed E-state index contributed by atoms with van der Waals surface area (Å²) in [6, 6.07) is 11.0. The summed E-state index contributed by atoms with van der Waals surface area (Å²) in [6.45, 7) is 5.91. The summed E-state index contributed by atoms with van der Waals surface area (Å²) in [5.41, 5.74) is 1.51. The van der Waals surface area contributed by atoms with E-state index in [-0.39, 0.29) is 18.4 Å². The lowest BCUT2D eigenvalue weighted by Gasteiger charge is -2.28. The van der Waals surface area contributed by atoms with E-state index in [1.54, 1.807) is 29.2 Å². The third kappa shape index (κ3) is 5.86. The van der Waals surface area contributed by atoms with Gasteiger partial charge in [0.2, 0.25) is 5.91 Å². The summed E-state index contributed by atoms with van der Waals surface area (Å²) in [6.07, 6.45) is 4.69. The maximum absolute atomic E-state index is 13.1. The second-order valence-corrected chi connectivity index (χ2v) is 7.39. The quantitative estimate of drug-likeness (QED) is 0.591. The molecule has 0 aliphatic rings. The Morgan fingerprint density at radius 1 is 1.00 bits per heavy atom. The van der Waals surface area contributed by atoms with Gasteiger partial charge >= 0.3 is 0 Å². The first-order valence-electron chi connectivity index (χ1n) is 9.89. The van der Waals surface area contributed by atoms with Crippen molar-refractivity contribution in [3.8, 4) is 0 Å². The van der Waals surface area contributed by atoms with Crippen LogP contribution in [0.15, 0.2) is 42.6 Å². The van der Waals surface area contributed by atoms with Gasteiger partial charge < -0.3 is 14.4 Å². The topological polar surface area (TPSA) is 45.6 Å². The minimum absolute atomic E-state index is 0.0384. The first-order valence-corrected chi connectivity index (χ1v) is 10.3. The zero-order valence-corrected chi connectivity index (χ0v) is 17.8. The summed E-state index contributed by atoms with van der Waals surface area (Å²) >= 11 is 6.20. The number of amides is 2. The molecule has 5 nitrogen and oxygen atoms in total. The van der Waals surface area contributed by atoms with Gasteiger partial charge in [0.05, 0.1) is 17.1 Å². The molecule has 2 aromatic rings. The predicted molar refractivity (Wildman–Crippen MR) is 113 cm³/mol. The molecule has 0 unspecified atom stereocenters. The molecule has 0 aliphatic heterocycles. The van der Waals surface area contributed by atoms with Crippen LogP contribution in [0.5, 0.6) is 0 Å². The molecule has 0 fully saturated rings. The standard InChI is InChI=1S/C22H30ClN3O2/c1-4-6-15-25(16-18-10-9-14-24(18)3)21(27)17-26(13-5-2)22(28)19-11-7-8-12-20(19)23/h7-12,14H,4-6,13,15-17H2,1-3H3. The van der Waals surface area contributed by atoms with Crippen LogP contribution >= 0.6 is 11.6 Å². The molecule has 2 rings (SSSR count). The van der Waals surface area contributed by atoms with Crippen LogP contribution < -0.4 is 0 Å². The van der Waals surface area contributed by atoms with Gasteiger partial charge in [-0.2, -0.15) is 0 Å². The monoisotopic (exact) mass is 403 g/mol. The number of unbranched alkanes of at least 4 members (excludes halogenated alkanes) is 1. The maximum Gasteiger partial charge on any atom is 0.255 e. The van der Waals surface area contributed by atoms with Crippen LogP contribution in [0.3, 0.4) is 0 Å². The number of benzene rings is 1. The SMILES string of the molecule is CCCCN(Cc1cccn1C)C(=O)CN(CCC)C(=O)c1ccccc1Cl. The van der Waals surface area contributed by atoms with Crippen molar-refractivity contribution in [1.29, 1.82) is 0 Å². The van der Waals surface area contributed by atoms with Crippen LogP contribution in [0.25, 0.3) is 0 Å². The van der Waals surface area contributed by atoms with Gasteiger partial charge in [0.25, 0.3) is 5.91 Å². The van der Waals surface area contributed by atoms with Crippen molar-refractivity contribution in [3.63, 3.8) is 0 Å². The second kappa shape index (κ2) is 10.9. The summed E-state index contributed by atoms with van der Waals surface area (Å²) in [5.74, 6) is -0.237. The lowest BCUT2D eigenvalue weighted by molar-refractivity contribution is -0.132. The largest absolute Gasteiger partial charge is 0.353 e. The summed E-state index contributed by atoms with van der Waals surface area (Å²) in [7, 11) is 1.97. The van der Waals surface area contributed by atoms with Crippen molar-refractivity contribution < 1.29 is 9.59 Å². The Bertz CT molecular complexity index is 788. The smallest absolute Gasteiger partial charge is 0.255 e. The molecule has 28 heavy (non-hydrogen) atoms. The number of carbonyl (C=O) groups excluding carboxylic acids is 2. The van der Waals surface area contributed by atoms with E-state index in [0.29, 0.717) is 30.2 Å². The molecule has 1 heterocycles. The first kappa shape index (κ1) is 22.0. The molecule has 0 saturated heterocycles. The van der Waals surface area contributed by atoms with E-state index in [1.807, 2.05) is 41.8 Å². The fourth-order valence-electron chi connectivity index (χ4n) is 3.09. The average molecular weight is 404 g/mol. The molecule has 0 radical (unpaired) electrons. The van der Waals surface area contributed by atoms with Gasteiger partial charge in [-0.1, -0.05) is 44.0 Å². The highest BCUT2D eigenvalue weighted by atomic mass is 35.5. The van der Waals surface area contributed by atoms with Crippen molar-refractivity contribution in [3.05, 3.63) is 58.9 Å². The zero-order chi connectivity index (χ0) is 20.5. The van der Waals surface area contributed by atoms with E-state index in [2.05, 4.69) is 6.92 Å². The first-order chi connectivity index (χ1) is 13.5. The molecular formula is C22H30ClN3O2. The van der Waals surface area contributed by atoms with Crippen molar-refractivity contribution in [1.82, 2.24) is 14.4 Å². The molecule has 1 aromatic carbocycles. The third-order valence-corrected chi connectivity index (χ3v) is 5.08. The van der Waals surface area contributed by atoms with Crippen molar-refractivity contribution >= 4 is 23.4 Å². The number of rotatable bonds is 10. The predicted octanol–water partition coefficient (Wildman–Crippen LogP) is 4.36. The fraction of sp³-hybridized carbons (Fsp3) is 0.455. The zero-order valence-electron chi connectivity index (χ0n) is 17.0. The Kier molecular flexibility index (Phi) is 8.58. The Balaban J connectivity index is 2.15. The minimum atomic E-state index is -0.199. The average Bonchev–Trinajstić information content (AvgIpc) is 3.09. The van der Waals surface area contributed by atoms with Crippen LogP contribution in [0.1, 0.15) is 49.2 Å². The molecule has 0 N–H and O–H groups in total. The molecule has 152 valence electrons. The van der Waals surface area contributed by atoms with Crippen LogP contribution in [-0.4, -0.2) is 45.8 Å². The number of carbonyl (C=O) groups is 2. The molecule has 0 atom stereocenters. The van der Waals surface area contributed by atoms with Gasteiger partial charge in [-0.05, 0) is 37.1 Å². The number of aryl methyl sites for hydroxylation is 1. The lowest BCUT2D eigenvalue weighted by atomic mass is 10.2. The van der Waals surface area contributed by atoms with E-state index >= 15 is 0 Å². The van der Waals surface area contributed by atoms with E-state index in [9.17, 15) is 9.59 Å².